The number of hydrogen-bond acceptors (Lipinski definition) is 4. The van der Waals surface area contributed by atoms with Crippen molar-refractivity contribution < 1.29 is 14.6 Å². The van der Waals surface area contributed by atoms with E-state index in [0.717, 1.165) is 34.3 Å². The third kappa shape index (κ3) is 4.83. The fraction of sp³-hybridized carbons (Fsp3) is 0.227. The van der Waals surface area contributed by atoms with Gasteiger partial charge in [0.2, 0.25) is 0 Å². The first-order valence-corrected chi connectivity index (χ1v) is 8.72. The molecule has 4 heteroatoms. The van der Waals surface area contributed by atoms with Gasteiger partial charge in [-0.05, 0) is 54.1 Å². The molecule has 26 heavy (non-hydrogen) atoms. The van der Waals surface area contributed by atoms with Crippen LogP contribution in [0.4, 0.5) is 0 Å². The van der Waals surface area contributed by atoms with E-state index in [9.17, 15) is 5.11 Å². The normalized spacial score (nSPS) is 11.9. The minimum absolute atomic E-state index is 0.258. The number of aliphatic hydroxyl groups is 1. The molecule has 3 aromatic rings. The molecule has 1 aromatic heterocycles. The van der Waals surface area contributed by atoms with Gasteiger partial charge in [-0.3, -0.25) is 4.98 Å². The molecule has 0 aliphatic heterocycles. The molecule has 2 aromatic carbocycles. The molecule has 1 unspecified atom stereocenters. The van der Waals surface area contributed by atoms with Crippen molar-refractivity contribution in [1.29, 1.82) is 0 Å². The quantitative estimate of drug-likeness (QED) is 0.589. The molecule has 0 aliphatic carbocycles. The molecule has 4 nitrogen and oxygen atoms in total. The molecule has 0 saturated carbocycles. The summed E-state index contributed by atoms with van der Waals surface area (Å²) in [6, 6.07) is 15.7. The number of hydrogen-bond donors (Lipinski definition) is 1. The van der Waals surface area contributed by atoms with Crippen molar-refractivity contribution in [2.24, 2.45) is 0 Å². The zero-order valence-electron chi connectivity index (χ0n) is 14.7. The summed E-state index contributed by atoms with van der Waals surface area (Å²) in [7, 11) is 0. The lowest BCUT2D eigenvalue weighted by Gasteiger charge is -2.14. The topological polar surface area (TPSA) is 51.6 Å². The molecule has 0 saturated heterocycles. The molecule has 1 atom stereocenters. The molecule has 0 amide bonds. The molecule has 3 rings (SSSR count). The lowest BCUT2D eigenvalue weighted by atomic mass is 10.1. The Morgan fingerprint density at radius 3 is 2.85 bits per heavy atom. The lowest BCUT2D eigenvalue weighted by Crippen LogP contribution is -2.18. The van der Waals surface area contributed by atoms with Crippen molar-refractivity contribution in [2.75, 3.05) is 13.2 Å². The smallest absolute Gasteiger partial charge is 0.127 e. The highest BCUT2D eigenvalue weighted by Gasteiger charge is 2.09. The number of pyridine rings is 1. The molecule has 0 bridgehead atoms. The Balaban J connectivity index is 1.60. The van der Waals surface area contributed by atoms with Crippen LogP contribution in [0.15, 0.2) is 73.6 Å². The Hall–Kier alpha value is -2.85. The molecular weight excluding hydrogens is 326 g/mol. The number of aliphatic hydroxyl groups excluding tert-OH is 1. The summed E-state index contributed by atoms with van der Waals surface area (Å²) in [5, 5.41) is 12.2. The molecule has 0 fully saturated rings. The summed E-state index contributed by atoms with van der Waals surface area (Å²) in [5.74, 6) is 1.56. The van der Waals surface area contributed by atoms with Crippen LogP contribution in [-0.4, -0.2) is 29.4 Å². The average Bonchev–Trinajstić information content (AvgIpc) is 2.69. The summed E-state index contributed by atoms with van der Waals surface area (Å²) >= 11 is 0. The predicted octanol–water partition coefficient (Wildman–Crippen LogP) is 4.17. The third-order valence-corrected chi connectivity index (χ3v) is 4.10. The molecular formula is C22H23NO3. The number of rotatable bonds is 9. The Labute approximate surface area is 153 Å². The Morgan fingerprint density at radius 1 is 1.12 bits per heavy atom. The van der Waals surface area contributed by atoms with Crippen LogP contribution in [0.25, 0.3) is 10.8 Å². The van der Waals surface area contributed by atoms with Crippen molar-refractivity contribution in [3.8, 4) is 11.5 Å². The van der Waals surface area contributed by atoms with Crippen molar-refractivity contribution >= 4 is 10.8 Å². The predicted molar refractivity (Wildman–Crippen MR) is 104 cm³/mol. The number of benzene rings is 2. The zero-order valence-corrected chi connectivity index (χ0v) is 14.7. The van der Waals surface area contributed by atoms with E-state index in [2.05, 4.69) is 11.6 Å². The number of aromatic nitrogens is 1. The fourth-order valence-corrected chi connectivity index (χ4v) is 2.75. The standard InChI is InChI=1S/C22H23NO3/c1-2-13-25-20-10-11-21-18(14-20)6-3-7-22(21)26-16-19(24)9-8-17-5-4-12-23-15-17/h2-7,10-12,14-15,19,24H,1,8-9,13,16H2. The van der Waals surface area contributed by atoms with Gasteiger partial charge in [0, 0.05) is 17.8 Å². The largest absolute Gasteiger partial charge is 0.490 e. The van der Waals surface area contributed by atoms with Crippen molar-refractivity contribution in [3.05, 3.63) is 79.1 Å². The van der Waals surface area contributed by atoms with E-state index in [1.807, 2.05) is 54.7 Å². The van der Waals surface area contributed by atoms with Crippen LogP contribution in [0.2, 0.25) is 0 Å². The zero-order chi connectivity index (χ0) is 18.2. The van der Waals surface area contributed by atoms with Gasteiger partial charge >= 0.3 is 0 Å². The molecule has 0 radical (unpaired) electrons. The third-order valence-electron chi connectivity index (χ3n) is 4.10. The highest BCUT2D eigenvalue weighted by molar-refractivity contribution is 5.89. The second kappa shape index (κ2) is 9.02. The SMILES string of the molecule is C=CCOc1ccc2c(OCC(O)CCc3cccnc3)cccc2c1. The minimum Gasteiger partial charge on any atom is -0.490 e. The van der Waals surface area contributed by atoms with Crippen LogP contribution in [-0.2, 0) is 6.42 Å². The summed E-state index contributed by atoms with van der Waals surface area (Å²) in [5.41, 5.74) is 1.11. The Morgan fingerprint density at radius 2 is 2.04 bits per heavy atom. The highest BCUT2D eigenvalue weighted by Crippen LogP contribution is 2.29. The first-order chi connectivity index (χ1) is 12.8. The lowest BCUT2D eigenvalue weighted by molar-refractivity contribution is 0.101. The van der Waals surface area contributed by atoms with Gasteiger partial charge in [-0.2, -0.15) is 0 Å². The maximum Gasteiger partial charge on any atom is 0.127 e. The number of fused-ring (bicyclic) bond motifs is 1. The minimum atomic E-state index is -0.527. The van der Waals surface area contributed by atoms with Gasteiger partial charge < -0.3 is 14.6 Å². The van der Waals surface area contributed by atoms with E-state index in [-0.39, 0.29) is 6.61 Å². The molecule has 0 aliphatic rings. The van der Waals surface area contributed by atoms with E-state index >= 15 is 0 Å². The van der Waals surface area contributed by atoms with E-state index in [1.54, 1.807) is 12.3 Å². The number of nitrogens with zero attached hydrogens (tertiary/aromatic N) is 1. The summed E-state index contributed by atoms with van der Waals surface area (Å²) < 4.78 is 11.4. The monoisotopic (exact) mass is 349 g/mol. The summed E-state index contributed by atoms with van der Waals surface area (Å²) in [6.07, 6.45) is 6.17. The van der Waals surface area contributed by atoms with Gasteiger partial charge in [-0.15, -0.1) is 0 Å². The first kappa shape index (κ1) is 18.0. The van der Waals surface area contributed by atoms with Crippen LogP contribution in [0.1, 0.15) is 12.0 Å². The van der Waals surface area contributed by atoms with Crippen molar-refractivity contribution in [1.82, 2.24) is 4.98 Å². The molecule has 1 N–H and O–H groups in total. The van der Waals surface area contributed by atoms with Crippen molar-refractivity contribution in [3.63, 3.8) is 0 Å². The van der Waals surface area contributed by atoms with E-state index in [4.69, 9.17) is 9.47 Å². The summed E-state index contributed by atoms with van der Waals surface area (Å²) in [4.78, 5) is 4.09. The van der Waals surface area contributed by atoms with E-state index in [0.29, 0.717) is 13.0 Å². The van der Waals surface area contributed by atoms with E-state index < -0.39 is 6.10 Å². The highest BCUT2D eigenvalue weighted by atomic mass is 16.5. The van der Waals surface area contributed by atoms with Crippen LogP contribution < -0.4 is 9.47 Å². The van der Waals surface area contributed by atoms with Gasteiger partial charge in [0.05, 0.1) is 6.10 Å². The molecule has 0 spiro atoms. The number of aryl methyl sites for hydroxylation is 1. The first-order valence-electron chi connectivity index (χ1n) is 8.72. The van der Waals surface area contributed by atoms with Gasteiger partial charge in [0.25, 0.3) is 0 Å². The van der Waals surface area contributed by atoms with Crippen LogP contribution in [0.5, 0.6) is 11.5 Å². The molecule has 134 valence electrons. The van der Waals surface area contributed by atoms with E-state index in [1.165, 1.54) is 0 Å². The maximum atomic E-state index is 10.2. The summed E-state index contributed by atoms with van der Waals surface area (Å²) in [6.45, 7) is 4.39. The second-order valence-electron chi connectivity index (χ2n) is 6.10. The van der Waals surface area contributed by atoms with Gasteiger partial charge in [0.1, 0.15) is 24.7 Å². The van der Waals surface area contributed by atoms with Gasteiger partial charge in [-0.25, -0.2) is 0 Å². The number of ether oxygens (including phenoxy) is 2. The Kier molecular flexibility index (Phi) is 6.23. The van der Waals surface area contributed by atoms with Crippen LogP contribution in [0.3, 0.4) is 0 Å². The fourth-order valence-electron chi connectivity index (χ4n) is 2.75. The van der Waals surface area contributed by atoms with Gasteiger partial charge in [0.15, 0.2) is 0 Å². The maximum absolute atomic E-state index is 10.2. The van der Waals surface area contributed by atoms with Crippen LogP contribution >= 0.6 is 0 Å². The average molecular weight is 349 g/mol. The van der Waals surface area contributed by atoms with Crippen LogP contribution in [0, 0.1) is 0 Å². The Bertz CT molecular complexity index is 848. The molecule has 1 heterocycles. The van der Waals surface area contributed by atoms with Gasteiger partial charge in [-0.1, -0.05) is 30.9 Å². The second-order valence-corrected chi connectivity index (χ2v) is 6.10. The van der Waals surface area contributed by atoms with Crippen molar-refractivity contribution in [2.45, 2.75) is 18.9 Å².